The van der Waals surface area contributed by atoms with Gasteiger partial charge in [-0.2, -0.15) is 0 Å². The number of rotatable bonds is 2. The number of piperidine rings is 1. The van der Waals surface area contributed by atoms with Crippen LogP contribution in [0.5, 0.6) is 5.75 Å². The fourth-order valence-electron chi connectivity index (χ4n) is 1.59. The van der Waals surface area contributed by atoms with Crippen LogP contribution in [0.3, 0.4) is 0 Å². The van der Waals surface area contributed by atoms with E-state index in [0.29, 0.717) is 11.8 Å². The zero-order chi connectivity index (χ0) is 9.80. The predicted molar refractivity (Wildman–Crippen MR) is 55.2 cm³/mol. The summed E-state index contributed by atoms with van der Waals surface area (Å²) < 4.78 is 5.78. The fourth-order valence-corrected chi connectivity index (χ4v) is 1.59. The van der Waals surface area contributed by atoms with Gasteiger partial charge in [-0.25, -0.2) is 0 Å². The van der Waals surface area contributed by atoms with E-state index in [1.807, 2.05) is 6.07 Å². The standard InChI is InChI=1S/C10H15N3O/c11-9-7-13-6-3-10(9)14-8-1-4-12-5-2-8/h3,6-8,12H,1-2,4-5,11H2. The van der Waals surface area contributed by atoms with Crippen molar-refractivity contribution in [2.24, 2.45) is 0 Å². The number of anilines is 1. The molecule has 3 N–H and O–H groups in total. The summed E-state index contributed by atoms with van der Waals surface area (Å²) in [5.41, 5.74) is 6.35. The summed E-state index contributed by atoms with van der Waals surface area (Å²) in [6.07, 6.45) is 5.70. The minimum Gasteiger partial charge on any atom is -0.488 e. The second-order valence-corrected chi connectivity index (χ2v) is 3.48. The van der Waals surface area contributed by atoms with Crippen LogP contribution in [0, 0.1) is 0 Å². The lowest BCUT2D eigenvalue weighted by Crippen LogP contribution is -2.34. The molecule has 1 aromatic heterocycles. The summed E-state index contributed by atoms with van der Waals surface area (Å²) in [6.45, 7) is 2.05. The van der Waals surface area contributed by atoms with E-state index in [4.69, 9.17) is 10.5 Å². The first-order valence-corrected chi connectivity index (χ1v) is 4.93. The van der Waals surface area contributed by atoms with Crippen molar-refractivity contribution in [2.45, 2.75) is 18.9 Å². The first-order chi connectivity index (χ1) is 6.86. The maximum absolute atomic E-state index is 5.78. The Morgan fingerprint density at radius 1 is 1.43 bits per heavy atom. The van der Waals surface area contributed by atoms with Crippen LogP contribution in [-0.2, 0) is 0 Å². The van der Waals surface area contributed by atoms with E-state index in [2.05, 4.69) is 10.3 Å². The number of hydrogen-bond acceptors (Lipinski definition) is 4. The first kappa shape index (κ1) is 9.27. The molecule has 0 aromatic carbocycles. The number of ether oxygens (including phenoxy) is 1. The topological polar surface area (TPSA) is 60.2 Å². The van der Waals surface area contributed by atoms with Crippen molar-refractivity contribution >= 4 is 5.69 Å². The molecule has 14 heavy (non-hydrogen) atoms. The van der Waals surface area contributed by atoms with Gasteiger partial charge in [-0.05, 0) is 25.9 Å². The van der Waals surface area contributed by atoms with E-state index in [0.717, 1.165) is 31.7 Å². The normalized spacial score (nSPS) is 18.0. The van der Waals surface area contributed by atoms with Gasteiger partial charge in [0.1, 0.15) is 11.9 Å². The Bertz CT molecular complexity index is 297. The van der Waals surface area contributed by atoms with Gasteiger partial charge >= 0.3 is 0 Å². The monoisotopic (exact) mass is 193 g/mol. The zero-order valence-corrected chi connectivity index (χ0v) is 8.07. The van der Waals surface area contributed by atoms with E-state index < -0.39 is 0 Å². The predicted octanol–water partition coefficient (Wildman–Crippen LogP) is 0.795. The van der Waals surface area contributed by atoms with Crippen LogP contribution in [-0.4, -0.2) is 24.2 Å². The van der Waals surface area contributed by atoms with E-state index in [1.54, 1.807) is 12.4 Å². The Balaban J connectivity index is 1.99. The van der Waals surface area contributed by atoms with Gasteiger partial charge in [-0.1, -0.05) is 0 Å². The van der Waals surface area contributed by atoms with Crippen LogP contribution in [0.4, 0.5) is 5.69 Å². The SMILES string of the molecule is Nc1cnccc1OC1CCNCC1. The molecular formula is C10H15N3O. The summed E-state index contributed by atoms with van der Waals surface area (Å²) in [4.78, 5) is 3.92. The lowest BCUT2D eigenvalue weighted by atomic mass is 10.1. The summed E-state index contributed by atoms with van der Waals surface area (Å²) in [6, 6.07) is 1.82. The average molecular weight is 193 g/mol. The molecule has 0 amide bonds. The van der Waals surface area contributed by atoms with Crippen molar-refractivity contribution in [3.8, 4) is 5.75 Å². The molecule has 1 saturated heterocycles. The summed E-state index contributed by atoms with van der Waals surface area (Å²) in [5, 5.41) is 3.29. The molecule has 2 heterocycles. The van der Waals surface area contributed by atoms with Gasteiger partial charge in [0, 0.05) is 12.3 Å². The van der Waals surface area contributed by atoms with E-state index in [9.17, 15) is 0 Å². The summed E-state index contributed by atoms with van der Waals surface area (Å²) >= 11 is 0. The van der Waals surface area contributed by atoms with Gasteiger partial charge in [0.2, 0.25) is 0 Å². The molecular weight excluding hydrogens is 178 g/mol. The third-order valence-corrected chi connectivity index (χ3v) is 2.39. The minimum atomic E-state index is 0.293. The highest BCUT2D eigenvalue weighted by molar-refractivity contribution is 5.49. The van der Waals surface area contributed by atoms with Gasteiger partial charge in [0.05, 0.1) is 11.9 Å². The number of aromatic nitrogens is 1. The van der Waals surface area contributed by atoms with Gasteiger partial charge in [-0.3, -0.25) is 4.98 Å². The van der Waals surface area contributed by atoms with Crippen LogP contribution in [0.2, 0.25) is 0 Å². The van der Waals surface area contributed by atoms with E-state index in [-0.39, 0.29) is 0 Å². The van der Waals surface area contributed by atoms with Crippen molar-refractivity contribution in [3.05, 3.63) is 18.5 Å². The smallest absolute Gasteiger partial charge is 0.145 e. The van der Waals surface area contributed by atoms with E-state index >= 15 is 0 Å². The van der Waals surface area contributed by atoms with Crippen molar-refractivity contribution < 1.29 is 4.74 Å². The van der Waals surface area contributed by atoms with Crippen LogP contribution < -0.4 is 15.8 Å². The number of nitrogens with zero attached hydrogens (tertiary/aromatic N) is 1. The van der Waals surface area contributed by atoms with E-state index in [1.165, 1.54) is 0 Å². The van der Waals surface area contributed by atoms with Crippen LogP contribution in [0.1, 0.15) is 12.8 Å². The second-order valence-electron chi connectivity index (χ2n) is 3.48. The first-order valence-electron chi connectivity index (χ1n) is 4.93. The van der Waals surface area contributed by atoms with Crippen molar-refractivity contribution in [1.29, 1.82) is 0 Å². The number of hydrogen-bond donors (Lipinski definition) is 2. The molecule has 0 spiro atoms. The maximum atomic E-state index is 5.78. The molecule has 1 fully saturated rings. The third kappa shape index (κ3) is 2.14. The Kier molecular flexibility index (Phi) is 2.84. The quantitative estimate of drug-likeness (QED) is 0.729. The van der Waals surface area contributed by atoms with Crippen molar-refractivity contribution in [1.82, 2.24) is 10.3 Å². The lowest BCUT2D eigenvalue weighted by molar-refractivity contribution is 0.163. The molecule has 0 unspecified atom stereocenters. The molecule has 76 valence electrons. The van der Waals surface area contributed by atoms with Crippen LogP contribution in [0.15, 0.2) is 18.5 Å². The van der Waals surface area contributed by atoms with Gasteiger partial charge in [0.15, 0.2) is 0 Å². The highest BCUT2D eigenvalue weighted by Crippen LogP contribution is 2.22. The van der Waals surface area contributed by atoms with Gasteiger partial charge in [-0.15, -0.1) is 0 Å². The third-order valence-electron chi connectivity index (χ3n) is 2.39. The number of nitrogens with two attached hydrogens (primary N) is 1. The molecule has 1 aliphatic heterocycles. The molecule has 4 nitrogen and oxygen atoms in total. The molecule has 2 rings (SSSR count). The number of nitrogen functional groups attached to an aromatic ring is 1. The highest BCUT2D eigenvalue weighted by Gasteiger charge is 2.15. The molecule has 4 heteroatoms. The zero-order valence-electron chi connectivity index (χ0n) is 8.07. The largest absolute Gasteiger partial charge is 0.488 e. The van der Waals surface area contributed by atoms with Crippen LogP contribution in [0.25, 0.3) is 0 Å². The fraction of sp³-hybridized carbons (Fsp3) is 0.500. The Morgan fingerprint density at radius 2 is 2.21 bits per heavy atom. The lowest BCUT2D eigenvalue weighted by Gasteiger charge is -2.24. The molecule has 1 aromatic rings. The Morgan fingerprint density at radius 3 is 2.93 bits per heavy atom. The summed E-state index contributed by atoms with van der Waals surface area (Å²) in [5.74, 6) is 0.756. The minimum absolute atomic E-state index is 0.293. The Hall–Kier alpha value is -1.29. The molecule has 0 atom stereocenters. The van der Waals surface area contributed by atoms with Gasteiger partial charge in [0.25, 0.3) is 0 Å². The maximum Gasteiger partial charge on any atom is 0.145 e. The number of nitrogens with one attached hydrogen (secondary N) is 1. The van der Waals surface area contributed by atoms with Crippen molar-refractivity contribution in [3.63, 3.8) is 0 Å². The Labute approximate surface area is 83.5 Å². The highest BCUT2D eigenvalue weighted by atomic mass is 16.5. The second kappa shape index (κ2) is 4.28. The molecule has 0 saturated carbocycles. The number of pyridine rings is 1. The molecule has 0 radical (unpaired) electrons. The molecule has 0 bridgehead atoms. The van der Waals surface area contributed by atoms with Crippen molar-refractivity contribution in [2.75, 3.05) is 18.8 Å². The molecule has 1 aliphatic rings. The molecule has 0 aliphatic carbocycles. The average Bonchev–Trinajstić information content (AvgIpc) is 2.23. The summed E-state index contributed by atoms with van der Waals surface area (Å²) in [7, 11) is 0. The van der Waals surface area contributed by atoms with Crippen LogP contribution >= 0.6 is 0 Å². The van der Waals surface area contributed by atoms with Gasteiger partial charge < -0.3 is 15.8 Å².